The molecule has 3 rings (SSSR count). The monoisotopic (exact) mass is 398 g/mol. The highest BCUT2D eigenvalue weighted by Gasteiger charge is 2.39. The van der Waals surface area contributed by atoms with Crippen molar-refractivity contribution in [2.75, 3.05) is 6.54 Å². The molecule has 0 aromatic heterocycles. The SMILES string of the molecule is NC1(CC(=O)NC[C@H]2C[C@H](S(=O)(=O)c3cccc(Cl)c3)C2)CCCCC1. The molecule has 0 heterocycles. The summed E-state index contributed by atoms with van der Waals surface area (Å²) in [7, 11) is -3.35. The van der Waals surface area contributed by atoms with Gasteiger partial charge in [0, 0.05) is 23.5 Å². The van der Waals surface area contributed by atoms with E-state index in [-0.39, 0.29) is 27.5 Å². The highest BCUT2D eigenvalue weighted by atomic mass is 35.5. The molecule has 3 N–H and O–H groups in total. The molecular weight excluding hydrogens is 372 g/mol. The van der Waals surface area contributed by atoms with Crippen LogP contribution in [-0.2, 0) is 14.6 Å². The molecule has 2 aliphatic carbocycles. The third-order valence-electron chi connectivity index (χ3n) is 5.71. The number of hydrogen-bond acceptors (Lipinski definition) is 4. The van der Waals surface area contributed by atoms with Crippen molar-refractivity contribution < 1.29 is 13.2 Å². The Balaban J connectivity index is 1.44. The second-order valence-corrected chi connectivity index (χ2v) is 10.5. The maximum atomic E-state index is 12.6. The topological polar surface area (TPSA) is 89.3 Å². The molecule has 1 aromatic rings. The first-order chi connectivity index (χ1) is 12.3. The molecule has 2 aliphatic rings. The lowest BCUT2D eigenvalue weighted by Gasteiger charge is -2.36. The summed E-state index contributed by atoms with van der Waals surface area (Å²) in [6.07, 6.45) is 6.71. The summed E-state index contributed by atoms with van der Waals surface area (Å²) in [6, 6.07) is 6.40. The molecule has 0 unspecified atom stereocenters. The minimum absolute atomic E-state index is 0.0180. The summed E-state index contributed by atoms with van der Waals surface area (Å²) in [5, 5.41) is 2.98. The normalized spacial score (nSPS) is 25.3. The first-order valence-corrected chi connectivity index (χ1v) is 11.3. The third kappa shape index (κ3) is 4.59. The molecule has 2 saturated carbocycles. The van der Waals surface area contributed by atoms with Crippen LogP contribution in [0.3, 0.4) is 0 Å². The van der Waals surface area contributed by atoms with Gasteiger partial charge < -0.3 is 11.1 Å². The van der Waals surface area contributed by atoms with Gasteiger partial charge in [0.1, 0.15) is 0 Å². The van der Waals surface area contributed by atoms with Gasteiger partial charge in [-0.2, -0.15) is 0 Å². The van der Waals surface area contributed by atoms with E-state index in [9.17, 15) is 13.2 Å². The lowest BCUT2D eigenvalue weighted by Crippen LogP contribution is -2.47. The van der Waals surface area contributed by atoms with Crippen LogP contribution in [0.5, 0.6) is 0 Å². The summed E-state index contributed by atoms with van der Waals surface area (Å²) in [6.45, 7) is 0.524. The van der Waals surface area contributed by atoms with Crippen molar-refractivity contribution >= 4 is 27.3 Å². The number of halogens is 1. The molecule has 0 bridgehead atoms. The van der Waals surface area contributed by atoms with Crippen LogP contribution in [0.4, 0.5) is 0 Å². The average Bonchev–Trinajstić information content (AvgIpc) is 2.53. The molecule has 0 spiro atoms. The van der Waals surface area contributed by atoms with Gasteiger partial charge in [0.05, 0.1) is 10.1 Å². The van der Waals surface area contributed by atoms with Crippen LogP contribution in [0.15, 0.2) is 29.2 Å². The lowest BCUT2D eigenvalue weighted by atomic mass is 9.80. The van der Waals surface area contributed by atoms with Crippen LogP contribution < -0.4 is 11.1 Å². The van der Waals surface area contributed by atoms with Gasteiger partial charge in [0.15, 0.2) is 9.84 Å². The van der Waals surface area contributed by atoms with Gasteiger partial charge in [-0.15, -0.1) is 0 Å². The number of hydrogen-bond donors (Lipinski definition) is 2. The summed E-state index contributed by atoms with van der Waals surface area (Å²) < 4.78 is 25.2. The second-order valence-electron chi connectivity index (χ2n) is 7.87. The van der Waals surface area contributed by atoms with E-state index in [1.54, 1.807) is 18.2 Å². The van der Waals surface area contributed by atoms with Crippen molar-refractivity contribution in [3.05, 3.63) is 29.3 Å². The van der Waals surface area contributed by atoms with Crippen LogP contribution in [-0.4, -0.2) is 31.7 Å². The number of rotatable bonds is 6. The standard InChI is InChI=1S/C19H27ClN2O3S/c20-15-5-4-6-16(11-15)26(24,25)17-9-14(10-17)13-22-18(23)12-19(21)7-2-1-3-8-19/h4-6,11,14,17H,1-3,7-10,12-13,21H2,(H,22,23)/t14-,17-. The zero-order chi connectivity index (χ0) is 18.8. The minimum atomic E-state index is -3.35. The quantitative estimate of drug-likeness (QED) is 0.770. The van der Waals surface area contributed by atoms with Crippen molar-refractivity contribution in [2.24, 2.45) is 11.7 Å². The molecule has 144 valence electrons. The van der Waals surface area contributed by atoms with Crippen molar-refractivity contribution in [1.82, 2.24) is 5.32 Å². The van der Waals surface area contributed by atoms with Crippen molar-refractivity contribution in [3.8, 4) is 0 Å². The van der Waals surface area contributed by atoms with Gasteiger partial charge in [-0.1, -0.05) is 36.9 Å². The molecule has 7 heteroatoms. The fourth-order valence-electron chi connectivity index (χ4n) is 4.00. The van der Waals surface area contributed by atoms with Gasteiger partial charge in [-0.3, -0.25) is 4.79 Å². The van der Waals surface area contributed by atoms with E-state index in [1.165, 1.54) is 12.5 Å². The maximum Gasteiger partial charge on any atom is 0.221 e. The number of nitrogens with one attached hydrogen (secondary N) is 1. The number of carbonyl (C=O) groups excluding carboxylic acids is 1. The highest BCUT2D eigenvalue weighted by Crippen LogP contribution is 2.36. The molecule has 1 aromatic carbocycles. The Labute approximate surface area is 160 Å². The average molecular weight is 399 g/mol. The highest BCUT2D eigenvalue weighted by molar-refractivity contribution is 7.92. The van der Waals surface area contributed by atoms with Gasteiger partial charge >= 0.3 is 0 Å². The Hall–Kier alpha value is -1.11. The first-order valence-electron chi connectivity index (χ1n) is 9.34. The Morgan fingerprint density at radius 2 is 1.92 bits per heavy atom. The molecule has 0 aliphatic heterocycles. The number of carbonyl (C=O) groups is 1. The van der Waals surface area contributed by atoms with E-state index in [2.05, 4.69) is 5.32 Å². The van der Waals surface area contributed by atoms with Crippen LogP contribution >= 0.6 is 11.6 Å². The summed E-state index contributed by atoms with van der Waals surface area (Å²) in [4.78, 5) is 12.5. The second kappa shape index (κ2) is 7.87. The third-order valence-corrected chi connectivity index (χ3v) is 8.11. The van der Waals surface area contributed by atoms with E-state index >= 15 is 0 Å². The maximum absolute atomic E-state index is 12.6. The number of benzene rings is 1. The predicted octanol–water partition coefficient (Wildman–Crippen LogP) is 3.06. The van der Waals surface area contributed by atoms with Crippen LogP contribution in [0.1, 0.15) is 51.4 Å². The molecule has 26 heavy (non-hydrogen) atoms. The van der Waals surface area contributed by atoms with Crippen LogP contribution in [0.2, 0.25) is 5.02 Å². The number of amides is 1. The summed E-state index contributed by atoms with van der Waals surface area (Å²) >= 11 is 5.90. The number of nitrogens with two attached hydrogens (primary N) is 1. The molecule has 0 radical (unpaired) electrons. The van der Waals surface area contributed by atoms with Gasteiger partial charge in [-0.05, 0) is 49.8 Å². The van der Waals surface area contributed by atoms with Crippen molar-refractivity contribution in [1.29, 1.82) is 0 Å². The molecule has 0 atom stereocenters. The molecular formula is C19H27ClN2O3S. The Morgan fingerprint density at radius 1 is 1.23 bits per heavy atom. The zero-order valence-electron chi connectivity index (χ0n) is 14.9. The smallest absolute Gasteiger partial charge is 0.221 e. The van der Waals surface area contributed by atoms with Crippen LogP contribution in [0, 0.1) is 5.92 Å². The van der Waals surface area contributed by atoms with E-state index < -0.39 is 9.84 Å². The largest absolute Gasteiger partial charge is 0.356 e. The fourth-order valence-corrected chi connectivity index (χ4v) is 6.25. The summed E-state index contributed by atoms with van der Waals surface area (Å²) in [5.74, 6) is 0.188. The first kappa shape index (κ1) is 19.6. The van der Waals surface area contributed by atoms with Crippen molar-refractivity contribution in [3.63, 3.8) is 0 Å². The summed E-state index contributed by atoms with van der Waals surface area (Å²) in [5.41, 5.74) is 5.96. The van der Waals surface area contributed by atoms with Crippen LogP contribution in [0.25, 0.3) is 0 Å². The molecule has 1 amide bonds. The number of sulfone groups is 1. The lowest BCUT2D eigenvalue weighted by molar-refractivity contribution is -0.122. The minimum Gasteiger partial charge on any atom is -0.356 e. The molecule has 0 saturated heterocycles. The van der Waals surface area contributed by atoms with E-state index in [1.807, 2.05) is 0 Å². The van der Waals surface area contributed by atoms with E-state index in [0.29, 0.717) is 30.8 Å². The Morgan fingerprint density at radius 3 is 2.58 bits per heavy atom. The fraction of sp³-hybridized carbons (Fsp3) is 0.632. The molecule has 2 fully saturated rings. The zero-order valence-corrected chi connectivity index (χ0v) is 16.5. The van der Waals surface area contributed by atoms with Gasteiger partial charge in [0.25, 0.3) is 0 Å². The van der Waals surface area contributed by atoms with E-state index in [0.717, 1.165) is 25.7 Å². The van der Waals surface area contributed by atoms with E-state index in [4.69, 9.17) is 17.3 Å². The van der Waals surface area contributed by atoms with Gasteiger partial charge in [0.2, 0.25) is 5.91 Å². The van der Waals surface area contributed by atoms with Crippen molar-refractivity contribution in [2.45, 2.75) is 67.1 Å². The Kier molecular flexibility index (Phi) is 5.94. The predicted molar refractivity (Wildman–Crippen MR) is 103 cm³/mol. The Bertz CT molecular complexity index is 754. The van der Waals surface area contributed by atoms with Gasteiger partial charge in [-0.25, -0.2) is 8.42 Å². The molecule has 5 nitrogen and oxygen atoms in total.